The van der Waals surface area contributed by atoms with Crippen LogP contribution in [0.15, 0.2) is 77.2 Å². The Hall–Kier alpha value is -4.09. The molecule has 35 heavy (non-hydrogen) atoms. The van der Waals surface area contributed by atoms with E-state index in [2.05, 4.69) is 0 Å². The fourth-order valence-electron chi connectivity index (χ4n) is 3.47. The van der Waals surface area contributed by atoms with Crippen molar-refractivity contribution in [2.45, 2.75) is 25.7 Å². The van der Waals surface area contributed by atoms with Gasteiger partial charge in [-0.2, -0.15) is 9.57 Å². The van der Waals surface area contributed by atoms with Crippen LogP contribution in [0.25, 0.3) is 6.08 Å². The normalized spacial score (nSPS) is 11.5. The summed E-state index contributed by atoms with van der Waals surface area (Å²) in [4.78, 5) is 13.6. The van der Waals surface area contributed by atoms with Gasteiger partial charge in [-0.3, -0.25) is 4.79 Å². The third-order valence-electron chi connectivity index (χ3n) is 5.41. The van der Waals surface area contributed by atoms with E-state index in [9.17, 15) is 18.5 Å². The lowest BCUT2D eigenvalue weighted by atomic mass is 10.1. The molecule has 3 rings (SSSR count). The molecule has 0 aliphatic rings. The number of aryl methyl sites for hydroxylation is 1. The predicted octanol–water partition coefficient (Wildman–Crippen LogP) is 5.04. The summed E-state index contributed by atoms with van der Waals surface area (Å²) in [5, 5.41) is 9.86. The molecule has 3 aromatic carbocycles. The van der Waals surface area contributed by atoms with Crippen molar-refractivity contribution in [1.82, 2.24) is 0 Å². The number of hydrogen-bond donors (Lipinski definition) is 0. The molecular formula is C27H26N2O5S. The van der Waals surface area contributed by atoms with E-state index in [0.717, 1.165) is 5.56 Å². The van der Waals surface area contributed by atoms with Crippen molar-refractivity contribution >= 4 is 27.7 Å². The lowest BCUT2D eigenvalue weighted by Gasteiger charge is -2.24. The number of nitriles is 1. The minimum absolute atomic E-state index is 0.0608. The molecule has 8 heteroatoms. The minimum atomic E-state index is -4.32. The second-order valence-corrected chi connectivity index (χ2v) is 9.41. The van der Waals surface area contributed by atoms with E-state index < -0.39 is 15.9 Å². The van der Waals surface area contributed by atoms with Crippen LogP contribution < -0.4 is 13.8 Å². The summed E-state index contributed by atoms with van der Waals surface area (Å²) in [6.07, 6.45) is 1.33. The van der Waals surface area contributed by atoms with Crippen LogP contribution >= 0.6 is 0 Å². The van der Waals surface area contributed by atoms with E-state index in [4.69, 9.17) is 9.47 Å². The van der Waals surface area contributed by atoms with Gasteiger partial charge in [-0.05, 0) is 73.9 Å². The first-order valence-electron chi connectivity index (χ1n) is 10.9. The van der Waals surface area contributed by atoms with Crippen LogP contribution in [0.3, 0.4) is 0 Å². The minimum Gasteiger partial charge on any atom is -0.493 e. The quantitative estimate of drug-likeness (QED) is 0.324. The first kappa shape index (κ1) is 25.5. The molecule has 0 saturated heterocycles. The van der Waals surface area contributed by atoms with Gasteiger partial charge in [-0.1, -0.05) is 36.4 Å². The SMILES string of the molecule is CCOc1ccc(/C=C(\C#N)C(=O)N(c2cccc(C)c2C)S(=O)(=O)c2ccccc2)cc1OC. The molecular weight excluding hydrogens is 464 g/mol. The number of amides is 1. The second kappa shape index (κ2) is 10.9. The maximum absolute atomic E-state index is 13.7. The molecule has 180 valence electrons. The number of anilines is 1. The van der Waals surface area contributed by atoms with E-state index in [1.165, 1.54) is 25.3 Å². The Bertz CT molecular complexity index is 1410. The van der Waals surface area contributed by atoms with Gasteiger partial charge in [0.25, 0.3) is 15.9 Å². The van der Waals surface area contributed by atoms with E-state index in [1.807, 2.05) is 26.0 Å². The van der Waals surface area contributed by atoms with Crippen LogP contribution in [0.1, 0.15) is 23.6 Å². The Balaban J connectivity index is 2.17. The number of rotatable bonds is 8. The van der Waals surface area contributed by atoms with E-state index in [1.54, 1.807) is 55.5 Å². The molecule has 7 nitrogen and oxygen atoms in total. The summed E-state index contributed by atoms with van der Waals surface area (Å²) in [6.45, 7) is 5.84. The zero-order valence-electron chi connectivity index (χ0n) is 20.0. The average molecular weight is 491 g/mol. The second-order valence-electron chi connectivity index (χ2n) is 7.62. The van der Waals surface area contributed by atoms with Crippen molar-refractivity contribution in [3.63, 3.8) is 0 Å². The molecule has 0 spiro atoms. The van der Waals surface area contributed by atoms with Gasteiger partial charge in [-0.25, -0.2) is 8.42 Å². The Morgan fingerprint density at radius 3 is 2.37 bits per heavy atom. The Morgan fingerprint density at radius 2 is 1.74 bits per heavy atom. The highest BCUT2D eigenvalue weighted by molar-refractivity contribution is 7.93. The number of carbonyl (C=O) groups is 1. The van der Waals surface area contributed by atoms with Crippen molar-refractivity contribution in [3.05, 3.63) is 89.0 Å². The lowest BCUT2D eigenvalue weighted by molar-refractivity contribution is -0.113. The van der Waals surface area contributed by atoms with Gasteiger partial charge in [0.1, 0.15) is 11.6 Å². The Labute approximate surface area is 205 Å². The number of carbonyl (C=O) groups excluding carboxylic acids is 1. The van der Waals surface area contributed by atoms with Crippen molar-refractivity contribution < 1.29 is 22.7 Å². The molecule has 0 fully saturated rings. The fourth-order valence-corrected chi connectivity index (χ4v) is 4.95. The molecule has 1 amide bonds. The van der Waals surface area contributed by atoms with Crippen LogP contribution in [0.5, 0.6) is 11.5 Å². The third kappa shape index (κ3) is 5.36. The molecule has 0 radical (unpaired) electrons. The summed E-state index contributed by atoms with van der Waals surface area (Å²) < 4.78 is 38.9. The third-order valence-corrected chi connectivity index (χ3v) is 7.12. The molecule has 0 heterocycles. The maximum Gasteiger partial charge on any atom is 0.282 e. The molecule has 0 unspecified atom stereocenters. The Morgan fingerprint density at radius 1 is 1.03 bits per heavy atom. The number of ether oxygens (including phenoxy) is 2. The van der Waals surface area contributed by atoms with Gasteiger partial charge in [0.05, 0.1) is 24.3 Å². The fraction of sp³-hybridized carbons (Fsp3) is 0.185. The predicted molar refractivity (Wildman–Crippen MR) is 135 cm³/mol. The lowest BCUT2D eigenvalue weighted by Crippen LogP contribution is -2.38. The summed E-state index contributed by atoms with van der Waals surface area (Å²) in [6, 6.07) is 19.5. The maximum atomic E-state index is 13.7. The number of hydrogen-bond acceptors (Lipinski definition) is 6. The van der Waals surface area contributed by atoms with Gasteiger partial charge in [0.2, 0.25) is 0 Å². The number of methoxy groups -OCH3 is 1. The standard InChI is InChI=1S/C27H26N2O5S/c1-5-34-25-15-14-21(17-26(25)33-4)16-22(18-28)27(30)29(24-13-9-10-19(2)20(24)3)35(31,32)23-11-7-6-8-12-23/h6-17H,5H2,1-4H3/b22-16+. The van der Waals surface area contributed by atoms with Gasteiger partial charge in [-0.15, -0.1) is 0 Å². The molecule has 0 saturated carbocycles. The highest BCUT2D eigenvalue weighted by Gasteiger charge is 2.34. The molecule has 0 N–H and O–H groups in total. The van der Waals surface area contributed by atoms with Crippen LogP contribution in [-0.4, -0.2) is 28.0 Å². The molecule has 0 aromatic heterocycles. The first-order chi connectivity index (χ1) is 16.7. The van der Waals surface area contributed by atoms with Crippen molar-refractivity contribution in [1.29, 1.82) is 5.26 Å². The zero-order valence-corrected chi connectivity index (χ0v) is 20.8. The highest BCUT2D eigenvalue weighted by atomic mass is 32.2. The summed E-state index contributed by atoms with van der Waals surface area (Å²) >= 11 is 0. The molecule has 3 aromatic rings. The summed E-state index contributed by atoms with van der Waals surface area (Å²) in [5.41, 5.74) is 1.73. The van der Waals surface area contributed by atoms with Gasteiger partial charge >= 0.3 is 0 Å². The molecule has 0 atom stereocenters. The molecule has 0 aliphatic carbocycles. The summed E-state index contributed by atoms with van der Waals surface area (Å²) in [7, 11) is -2.84. The van der Waals surface area contributed by atoms with Crippen LogP contribution in [0.4, 0.5) is 5.69 Å². The molecule has 0 bridgehead atoms. The van der Waals surface area contributed by atoms with Gasteiger partial charge in [0.15, 0.2) is 11.5 Å². The zero-order chi connectivity index (χ0) is 25.6. The topological polar surface area (TPSA) is 96.7 Å². The van der Waals surface area contributed by atoms with Crippen LogP contribution in [0.2, 0.25) is 0 Å². The van der Waals surface area contributed by atoms with Gasteiger partial charge < -0.3 is 9.47 Å². The first-order valence-corrected chi connectivity index (χ1v) is 12.3. The van der Waals surface area contributed by atoms with E-state index in [0.29, 0.717) is 33.5 Å². The molecule has 0 aliphatic heterocycles. The average Bonchev–Trinajstić information content (AvgIpc) is 2.86. The van der Waals surface area contributed by atoms with Crippen molar-refractivity contribution in [2.75, 3.05) is 18.0 Å². The monoisotopic (exact) mass is 490 g/mol. The highest BCUT2D eigenvalue weighted by Crippen LogP contribution is 2.32. The number of nitrogens with zero attached hydrogens (tertiary/aromatic N) is 2. The van der Waals surface area contributed by atoms with E-state index in [-0.39, 0.29) is 16.2 Å². The number of sulfonamides is 1. The van der Waals surface area contributed by atoms with Crippen LogP contribution in [0, 0.1) is 25.2 Å². The van der Waals surface area contributed by atoms with Crippen LogP contribution in [-0.2, 0) is 14.8 Å². The largest absolute Gasteiger partial charge is 0.493 e. The van der Waals surface area contributed by atoms with Crippen molar-refractivity contribution in [3.8, 4) is 17.6 Å². The number of benzene rings is 3. The Kier molecular flexibility index (Phi) is 7.94. The van der Waals surface area contributed by atoms with E-state index >= 15 is 0 Å². The van der Waals surface area contributed by atoms with Crippen molar-refractivity contribution in [2.24, 2.45) is 0 Å². The summed E-state index contributed by atoms with van der Waals surface area (Å²) in [5.74, 6) is -0.0211. The smallest absolute Gasteiger partial charge is 0.282 e. The van der Waals surface area contributed by atoms with Gasteiger partial charge in [0, 0.05) is 0 Å².